The number of unbranched alkanes of at least 4 members (excludes halogenated alkanes) is 3. The predicted octanol–water partition coefficient (Wildman–Crippen LogP) is 2.48. The average molecular weight is 483 g/mol. The highest BCUT2D eigenvalue weighted by molar-refractivity contribution is 5.91. The fourth-order valence-corrected chi connectivity index (χ4v) is 4.05. The fraction of sp³-hybridized carbons (Fsp3) is 0.480. The summed E-state index contributed by atoms with van der Waals surface area (Å²) >= 11 is 0. The summed E-state index contributed by atoms with van der Waals surface area (Å²) in [5, 5.41) is 2.84. The molecule has 0 spiro atoms. The van der Waals surface area contributed by atoms with E-state index in [0.29, 0.717) is 42.2 Å². The van der Waals surface area contributed by atoms with Crippen molar-refractivity contribution in [3.05, 3.63) is 56.5 Å². The number of hydrogen-bond acceptors (Lipinski definition) is 5. The van der Waals surface area contributed by atoms with Crippen molar-refractivity contribution in [1.29, 1.82) is 0 Å². The highest BCUT2D eigenvalue weighted by Gasteiger charge is 2.19. The Hall–Kier alpha value is -3.69. The van der Waals surface area contributed by atoms with Crippen molar-refractivity contribution in [3.8, 4) is 0 Å². The van der Waals surface area contributed by atoms with Gasteiger partial charge in [0.1, 0.15) is 5.82 Å². The molecule has 0 aliphatic carbocycles. The molecule has 188 valence electrons. The Kier molecular flexibility index (Phi) is 8.99. The number of fused-ring (bicyclic) bond motifs is 1. The van der Waals surface area contributed by atoms with E-state index in [9.17, 15) is 19.2 Å². The van der Waals surface area contributed by atoms with Gasteiger partial charge in [-0.15, -0.1) is 0 Å². The Balaban J connectivity index is 1.82. The lowest BCUT2D eigenvalue weighted by Gasteiger charge is -2.09. The number of nitrogens with one attached hydrogen (secondary N) is 2. The lowest BCUT2D eigenvalue weighted by molar-refractivity contribution is -0.117. The minimum absolute atomic E-state index is 0.144. The molecule has 0 saturated heterocycles. The van der Waals surface area contributed by atoms with Crippen molar-refractivity contribution in [2.75, 3.05) is 5.32 Å². The van der Waals surface area contributed by atoms with E-state index in [-0.39, 0.29) is 18.7 Å². The molecule has 10 heteroatoms. The number of aromatic amines is 1. The second-order valence-corrected chi connectivity index (χ2v) is 8.71. The van der Waals surface area contributed by atoms with Gasteiger partial charge in [-0.05, 0) is 30.5 Å². The molecule has 0 bridgehead atoms. The van der Waals surface area contributed by atoms with E-state index >= 15 is 0 Å². The largest absolute Gasteiger partial charge is 0.369 e. The standard InChI is InChI=1S/C25H34N6O4/c1-3-5-7-15-30-20(28-23-22(30)24(34)29-25(35)31(23)14-6-4-2)12-13-21(33)27-18-10-8-17(9-11-18)16-19(26)32/h8-11H,3-7,12-16H2,1-2H3,(H2,26,32)(H,27,33)(H,29,34,35). The van der Waals surface area contributed by atoms with Crippen molar-refractivity contribution in [3.63, 3.8) is 0 Å². The van der Waals surface area contributed by atoms with Crippen LogP contribution in [-0.2, 0) is 35.5 Å². The van der Waals surface area contributed by atoms with E-state index < -0.39 is 17.2 Å². The van der Waals surface area contributed by atoms with Crippen LogP contribution in [0.15, 0.2) is 33.9 Å². The van der Waals surface area contributed by atoms with E-state index in [1.165, 1.54) is 4.57 Å². The fourth-order valence-electron chi connectivity index (χ4n) is 4.05. The molecule has 0 unspecified atom stereocenters. The second-order valence-electron chi connectivity index (χ2n) is 8.71. The van der Waals surface area contributed by atoms with Gasteiger partial charge < -0.3 is 15.6 Å². The molecule has 10 nitrogen and oxygen atoms in total. The third kappa shape index (κ3) is 6.68. The van der Waals surface area contributed by atoms with Gasteiger partial charge in [0.2, 0.25) is 11.8 Å². The number of carbonyl (C=O) groups is 2. The number of rotatable bonds is 13. The van der Waals surface area contributed by atoms with Gasteiger partial charge in [-0.3, -0.25) is 23.9 Å². The number of primary amides is 1. The number of carbonyl (C=O) groups excluding carboxylic acids is 2. The molecule has 4 N–H and O–H groups in total. The number of nitrogens with zero attached hydrogens (tertiary/aromatic N) is 3. The Labute approximate surface area is 203 Å². The van der Waals surface area contributed by atoms with E-state index in [4.69, 9.17) is 5.73 Å². The number of benzene rings is 1. The van der Waals surface area contributed by atoms with E-state index in [1.807, 2.05) is 11.5 Å². The Morgan fingerprint density at radius 2 is 1.69 bits per heavy atom. The van der Waals surface area contributed by atoms with Crippen LogP contribution in [0.5, 0.6) is 0 Å². The molecule has 2 aromatic heterocycles. The highest BCUT2D eigenvalue weighted by Crippen LogP contribution is 2.16. The summed E-state index contributed by atoms with van der Waals surface area (Å²) in [5.74, 6) is 0.00377. The zero-order chi connectivity index (χ0) is 25.4. The van der Waals surface area contributed by atoms with Crippen LogP contribution in [0, 0.1) is 0 Å². The van der Waals surface area contributed by atoms with Gasteiger partial charge >= 0.3 is 5.69 Å². The van der Waals surface area contributed by atoms with Crippen LogP contribution in [0.3, 0.4) is 0 Å². The first-order valence-corrected chi connectivity index (χ1v) is 12.2. The Bertz CT molecular complexity index is 1290. The maximum atomic E-state index is 12.7. The molecule has 0 radical (unpaired) electrons. The molecular formula is C25H34N6O4. The first-order chi connectivity index (χ1) is 16.8. The van der Waals surface area contributed by atoms with Crippen LogP contribution in [-0.4, -0.2) is 30.9 Å². The van der Waals surface area contributed by atoms with Crippen LogP contribution in [0.25, 0.3) is 11.2 Å². The molecule has 3 rings (SSSR count). The number of nitrogens with two attached hydrogens (primary N) is 1. The minimum atomic E-state index is -0.460. The Morgan fingerprint density at radius 3 is 2.34 bits per heavy atom. The lowest BCUT2D eigenvalue weighted by Crippen LogP contribution is -2.31. The van der Waals surface area contributed by atoms with Crippen LogP contribution < -0.4 is 22.3 Å². The third-order valence-electron chi connectivity index (χ3n) is 5.88. The van der Waals surface area contributed by atoms with Crippen molar-refractivity contribution >= 4 is 28.7 Å². The summed E-state index contributed by atoms with van der Waals surface area (Å²) in [7, 11) is 0. The van der Waals surface area contributed by atoms with E-state index in [2.05, 4.69) is 22.2 Å². The molecule has 0 atom stereocenters. The van der Waals surface area contributed by atoms with Gasteiger partial charge in [-0.1, -0.05) is 45.2 Å². The van der Waals surface area contributed by atoms with Crippen molar-refractivity contribution in [2.24, 2.45) is 5.73 Å². The van der Waals surface area contributed by atoms with Crippen molar-refractivity contribution < 1.29 is 9.59 Å². The van der Waals surface area contributed by atoms with Crippen molar-refractivity contribution in [2.45, 2.75) is 78.3 Å². The number of anilines is 1. The zero-order valence-corrected chi connectivity index (χ0v) is 20.4. The van der Waals surface area contributed by atoms with Crippen LogP contribution in [0.2, 0.25) is 0 Å². The minimum Gasteiger partial charge on any atom is -0.369 e. The molecule has 0 aliphatic heterocycles. The van der Waals surface area contributed by atoms with E-state index in [0.717, 1.165) is 37.7 Å². The summed E-state index contributed by atoms with van der Waals surface area (Å²) in [5.41, 5.74) is 6.45. The molecule has 2 amide bonds. The smallest absolute Gasteiger partial charge is 0.330 e. The second kappa shape index (κ2) is 12.1. The Morgan fingerprint density at radius 1 is 1.00 bits per heavy atom. The first-order valence-electron chi connectivity index (χ1n) is 12.2. The number of imidazole rings is 1. The van der Waals surface area contributed by atoms with Crippen molar-refractivity contribution in [1.82, 2.24) is 19.1 Å². The maximum absolute atomic E-state index is 12.7. The van der Waals surface area contributed by atoms with Crippen LogP contribution in [0.1, 0.15) is 63.8 Å². The van der Waals surface area contributed by atoms with Gasteiger partial charge in [0, 0.05) is 31.6 Å². The molecule has 1 aromatic carbocycles. The topological polar surface area (TPSA) is 145 Å². The summed E-state index contributed by atoms with van der Waals surface area (Å²) in [6.45, 7) is 5.21. The number of H-pyrrole nitrogens is 1. The summed E-state index contributed by atoms with van der Waals surface area (Å²) in [6, 6.07) is 6.94. The first kappa shape index (κ1) is 25.9. The molecule has 2 heterocycles. The zero-order valence-electron chi connectivity index (χ0n) is 20.4. The molecular weight excluding hydrogens is 448 g/mol. The van der Waals surface area contributed by atoms with E-state index in [1.54, 1.807) is 24.3 Å². The molecule has 0 saturated carbocycles. The van der Waals surface area contributed by atoms with Gasteiger partial charge in [0.05, 0.1) is 6.42 Å². The molecule has 0 fully saturated rings. The lowest BCUT2D eigenvalue weighted by atomic mass is 10.1. The predicted molar refractivity (Wildman–Crippen MR) is 135 cm³/mol. The van der Waals surface area contributed by atoms with Gasteiger partial charge in [-0.25, -0.2) is 9.78 Å². The SMILES string of the molecule is CCCCCn1c(CCC(=O)Nc2ccc(CC(N)=O)cc2)nc2c1c(=O)[nH]c(=O)n2CCCC. The van der Waals surface area contributed by atoms with Gasteiger partial charge in [0.15, 0.2) is 11.2 Å². The monoisotopic (exact) mass is 482 g/mol. The number of aromatic nitrogens is 4. The number of amides is 2. The van der Waals surface area contributed by atoms with Gasteiger partial charge in [0.25, 0.3) is 5.56 Å². The quantitative estimate of drug-likeness (QED) is 0.321. The van der Waals surface area contributed by atoms with Gasteiger partial charge in [-0.2, -0.15) is 0 Å². The third-order valence-corrected chi connectivity index (χ3v) is 5.88. The average Bonchev–Trinajstić information content (AvgIpc) is 3.17. The summed E-state index contributed by atoms with van der Waals surface area (Å²) in [4.78, 5) is 55.9. The summed E-state index contributed by atoms with van der Waals surface area (Å²) < 4.78 is 3.38. The molecule has 3 aromatic rings. The molecule has 0 aliphatic rings. The normalized spacial score (nSPS) is 11.1. The number of hydrogen-bond donors (Lipinski definition) is 3. The van der Waals surface area contributed by atoms with Crippen LogP contribution >= 0.6 is 0 Å². The maximum Gasteiger partial charge on any atom is 0.330 e. The highest BCUT2D eigenvalue weighted by atomic mass is 16.2. The molecule has 35 heavy (non-hydrogen) atoms. The van der Waals surface area contributed by atoms with Crippen LogP contribution in [0.4, 0.5) is 5.69 Å². The summed E-state index contributed by atoms with van der Waals surface area (Å²) in [6.07, 6.45) is 5.22. The number of aryl methyl sites for hydroxylation is 3.